The first kappa shape index (κ1) is 16.6. The highest BCUT2D eigenvalue weighted by atomic mass is 16.5. The van der Waals surface area contributed by atoms with Crippen LogP contribution in [0.25, 0.3) is 0 Å². The highest BCUT2D eigenvalue weighted by Crippen LogP contribution is 2.47. The Kier molecular flexibility index (Phi) is 3.95. The average Bonchev–Trinajstić information content (AvgIpc) is 3.08. The highest BCUT2D eigenvalue weighted by molar-refractivity contribution is 5.86. The molecule has 6 heteroatoms. The number of benzene rings is 2. The summed E-state index contributed by atoms with van der Waals surface area (Å²) in [4.78, 5) is 1.75. The van der Waals surface area contributed by atoms with E-state index in [0.717, 1.165) is 22.7 Å². The quantitative estimate of drug-likeness (QED) is 0.874. The van der Waals surface area contributed by atoms with Gasteiger partial charge in [0.1, 0.15) is 17.4 Å². The van der Waals surface area contributed by atoms with Gasteiger partial charge in [0, 0.05) is 0 Å². The van der Waals surface area contributed by atoms with Crippen LogP contribution in [0.15, 0.2) is 71.3 Å². The van der Waals surface area contributed by atoms with Crippen LogP contribution >= 0.6 is 0 Å². The molecule has 1 atom stereocenters. The minimum atomic E-state index is -0.524. The van der Waals surface area contributed by atoms with E-state index in [9.17, 15) is 10.5 Å². The van der Waals surface area contributed by atoms with Gasteiger partial charge in [-0.05, 0) is 36.8 Å². The van der Waals surface area contributed by atoms with Gasteiger partial charge < -0.3 is 15.8 Å². The average molecular weight is 355 g/mol. The minimum absolute atomic E-state index is 0.336. The SMILES string of the molecule is CCOc1ccc([C@@H]2C(C#N)=C(N)N3C(=C2C#N)Nc2ccccc23)cc1. The molecule has 2 heterocycles. The Balaban J connectivity index is 1.87. The number of allylic oxidation sites excluding steroid dienone is 2. The van der Waals surface area contributed by atoms with E-state index in [2.05, 4.69) is 17.5 Å². The maximum absolute atomic E-state index is 9.92. The van der Waals surface area contributed by atoms with Crippen LogP contribution in [0.3, 0.4) is 0 Å². The van der Waals surface area contributed by atoms with Crippen molar-refractivity contribution in [2.45, 2.75) is 12.8 Å². The molecule has 0 saturated carbocycles. The van der Waals surface area contributed by atoms with Crippen LogP contribution in [0.5, 0.6) is 5.75 Å². The number of anilines is 2. The highest BCUT2D eigenvalue weighted by Gasteiger charge is 2.40. The van der Waals surface area contributed by atoms with Crippen molar-refractivity contribution in [1.29, 1.82) is 10.5 Å². The molecule has 2 aliphatic rings. The lowest BCUT2D eigenvalue weighted by molar-refractivity contribution is 0.340. The molecule has 6 nitrogen and oxygen atoms in total. The number of nitrogens with two attached hydrogens (primary N) is 1. The molecule has 2 aromatic rings. The Hall–Kier alpha value is -3.90. The molecule has 132 valence electrons. The Morgan fingerprint density at radius 2 is 1.78 bits per heavy atom. The number of fused-ring (bicyclic) bond motifs is 3. The van der Waals surface area contributed by atoms with Crippen molar-refractivity contribution in [3.05, 3.63) is 76.9 Å². The molecule has 0 aromatic heterocycles. The van der Waals surface area contributed by atoms with Gasteiger partial charge in [-0.25, -0.2) is 0 Å². The molecule has 0 fully saturated rings. The molecular weight excluding hydrogens is 338 g/mol. The van der Waals surface area contributed by atoms with E-state index in [4.69, 9.17) is 10.5 Å². The van der Waals surface area contributed by atoms with Gasteiger partial charge in [-0.3, -0.25) is 4.90 Å². The van der Waals surface area contributed by atoms with Crippen molar-refractivity contribution < 1.29 is 4.74 Å². The minimum Gasteiger partial charge on any atom is -0.494 e. The number of hydrogen-bond donors (Lipinski definition) is 2. The first-order valence-corrected chi connectivity index (χ1v) is 8.62. The fourth-order valence-corrected chi connectivity index (χ4v) is 3.56. The summed E-state index contributed by atoms with van der Waals surface area (Å²) in [6, 6.07) is 19.6. The van der Waals surface area contributed by atoms with Crippen molar-refractivity contribution in [2.24, 2.45) is 5.73 Å². The van der Waals surface area contributed by atoms with E-state index in [1.165, 1.54) is 0 Å². The summed E-state index contributed by atoms with van der Waals surface area (Å²) < 4.78 is 5.49. The third kappa shape index (κ3) is 2.47. The van der Waals surface area contributed by atoms with Gasteiger partial charge in [0.15, 0.2) is 0 Å². The Labute approximate surface area is 157 Å². The lowest BCUT2D eigenvalue weighted by Crippen LogP contribution is -2.34. The molecule has 2 aliphatic heterocycles. The zero-order valence-electron chi connectivity index (χ0n) is 14.7. The number of rotatable bonds is 3. The smallest absolute Gasteiger partial charge is 0.131 e. The number of nitrogens with one attached hydrogen (secondary N) is 1. The molecule has 0 spiro atoms. The zero-order valence-corrected chi connectivity index (χ0v) is 14.7. The van der Waals surface area contributed by atoms with E-state index < -0.39 is 5.92 Å². The van der Waals surface area contributed by atoms with Crippen LogP contribution in [-0.4, -0.2) is 6.61 Å². The predicted molar refractivity (Wildman–Crippen MR) is 102 cm³/mol. The standard InChI is InChI=1S/C21H17N5O/c1-2-27-14-9-7-13(8-10-14)19-15(11-22)20(24)26-18-6-4-3-5-17(18)25-21(26)16(19)12-23/h3-10,19,25H,2,24H2,1H3/t19-/m1/s1. The summed E-state index contributed by atoms with van der Waals surface area (Å²) in [5, 5.41) is 23.0. The van der Waals surface area contributed by atoms with Crippen LogP contribution in [-0.2, 0) is 0 Å². The van der Waals surface area contributed by atoms with Gasteiger partial charge in [0.05, 0.1) is 47.2 Å². The second kappa shape index (κ2) is 6.44. The van der Waals surface area contributed by atoms with E-state index >= 15 is 0 Å². The maximum Gasteiger partial charge on any atom is 0.131 e. The number of hydrogen-bond acceptors (Lipinski definition) is 6. The normalized spacial score (nSPS) is 17.6. The topological polar surface area (TPSA) is 98.1 Å². The van der Waals surface area contributed by atoms with Crippen LogP contribution in [0, 0.1) is 22.7 Å². The molecule has 0 saturated heterocycles. The van der Waals surface area contributed by atoms with Gasteiger partial charge in [0.25, 0.3) is 0 Å². The van der Waals surface area contributed by atoms with E-state index in [-0.39, 0.29) is 0 Å². The molecule has 0 amide bonds. The molecule has 0 bridgehead atoms. The third-order valence-electron chi connectivity index (χ3n) is 4.74. The van der Waals surface area contributed by atoms with Crippen LogP contribution in [0.2, 0.25) is 0 Å². The third-order valence-corrected chi connectivity index (χ3v) is 4.74. The number of nitrogens with zero attached hydrogens (tertiary/aromatic N) is 3. The summed E-state index contributed by atoms with van der Waals surface area (Å²) in [6.07, 6.45) is 0. The predicted octanol–water partition coefficient (Wildman–Crippen LogP) is 3.54. The van der Waals surface area contributed by atoms with E-state index in [0.29, 0.717) is 29.4 Å². The second-order valence-electron chi connectivity index (χ2n) is 6.20. The van der Waals surface area contributed by atoms with Crippen molar-refractivity contribution in [3.8, 4) is 17.9 Å². The molecule has 0 unspecified atom stereocenters. The fraction of sp³-hybridized carbons (Fsp3) is 0.143. The van der Waals surface area contributed by atoms with Crippen molar-refractivity contribution >= 4 is 11.4 Å². The molecule has 27 heavy (non-hydrogen) atoms. The van der Waals surface area contributed by atoms with Crippen LogP contribution < -0.4 is 20.7 Å². The lowest BCUT2D eigenvalue weighted by Gasteiger charge is -2.31. The molecule has 0 aliphatic carbocycles. The molecule has 0 radical (unpaired) electrons. The van der Waals surface area contributed by atoms with Gasteiger partial charge in [-0.2, -0.15) is 10.5 Å². The maximum atomic E-state index is 9.92. The van der Waals surface area contributed by atoms with Gasteiger partial charge >= 0.3 is 0 Å². The van der Waals surface area contributed by atoms with E-state index in [1.54, 1.807) is 4.90 Å². The summed E-state index contributed by atoms with van der Waals surface area (Å²) in [5.41, 5.74) is 9.71. The second-order valence-corrected chi connectivity index (χ2v) is 6.20. The molecule has 4 rings (SSSR count). The molecule has 3 N–H and O–H groups in total. The van der Waals surface area contributed by atoms with Gasteiger partial charge in [-0.1, -0.05) is 24.3 Å². The van der Waals surface area contributed by atoms with Crippen LogP contribution in [0.1, 0.15) is 18.4 Å². The Bertz CT molecular complexity index is 1050. The number of nitriles is 2. The summed E-state index contributed by atoms with van der Waals surface area (Å²) in [5.74, 6) is 1.16. The van der Waals surface area contributed by atoms with Crippen LogP contribution in [0.4, 0.5) is 11.4 Å². The monoisotopic (exact) mass is 355 g/mol. The van der Waals surface area contributed by atoms with Gasteiger partial charge in [-0.15, -0.1) is 0 Å². The Morgan fingerprint density at radius 3 is 2.44 bits per heavy atom. The number of ether oxygens (including phenoxy) is 1. The Morgan fingerprint density at radius 1 is 1.07 bits per heavy atom. The number of para-hydroxylation sites is 2. The fourth-order valence-electron chi connectivity index (χ4n) is 3.56. The summed E-state index contributed by atoms with van der Waals surface area (Å²) in [6.45, 7) is 2.49. The van der Waals surface area contributed by atoms with Crippen molar-refractivity contribution in [2.75, 3.05) is 16.8 Å². The molecule has 2 aromatic carbocycles. The summed E-state index contributed by atoms with van der Waals surface area (Å²) >= 11 is 0. The van der Waals surface area contributed by atoms with Crippen molar-refractivity contribution in [3.63, 3.8) is 0 Å². The summed E-state index contributed by atoms with van der Waals surface area (Å²) in [7, 11) is 0. The zero-order chi connectivity index (χ0) is 19.0. The first-order valence-electron chi connectivity index (χ1n) is 8.62. The first-order chi connectivity index (χ1) is 13.2. The lowest BCUT2D eigenvalue weighted by atomic mass is 9.83. The van der Waals surface area contributed by atoms with Gasteiger partial charge in [0.2, 0.25) is 0 Å². The molecular formula is C21H17N5O. The van der Waals surface area contributed by atoms with Crippen molar-refractivity contribution in [1.82, 2.24) is 0 Å². The largest absolute Gasteiger partial charge is 0.494 e. The van der Waals surface area contributed by atoms with E-state index in [1.807, 2.05) is 55.5 Å².